The van der Waals surface area contributed by atoms with Crippen LogP contribution in [0.5, 0.6) is 0 Å². The number of benzene rings is 1. The molecule has 0 aliphatic heterocycles. The molecule has 0 saturated carbocycles. The molecule has 0 radical (unpaired) electrons. The summed E-state index contributed by atoms with van der Waals surface area (Å²) in [5.41, 5.74) is 1.24. The van der Waals surface area contributed by atoms with Crippen molar-refractivity contribution in [2.45, 2.75) is 65.0 Å². The molecule has 4 heteroatoms. The Morgan fingerprint density at radius 3 is 2.26 bits per heavy atom. The second kappa shape index (κ2) is 9.54. The molecular formula is C19H33IO2Si. The van der Waals surface area contributed by atoms with Gasteiger partial charge in [0.25, 0.3) is 0 Å². The van der Waals surface area contributed by atoms with Crippen LogP contribution in [0.4, 0.5) is 0 Å². The van der Waals surface area contributed by atoms with Crippen LogP contribution in [0.3, 0.4) is 0 Å². The maximum atomic E-state index is 6.33. The molecule has 2 nitrogen and oxygen atoms in total. The van der Waals surface area contributed by atoms with E-state index in [-0.39, 0.29) is 11.1 Å². The summed E-state index contributed by atoms with van der Waals surface area (Å²) < 4.78 is 13.6. The molecule has 1 rings (SSSR count). The van der Waals surface area contributed by atoms with Crippen LogP contribution in [-0.4, -0.2) is 25.5 Å². The van der Waals surface area contributed by atoms with Gasteiger partial charge < -0.3 is 9.16 Å². The lowest BCUT2D eigenvalue weighted by Gasteiger charge is -2.36. The van der Waals surface area contributed by atoms with Crippen molar-refractivity contribution in [2.75, 3.05) is 11.0 Å². The van der Waals surface area contributed by atoms with E-state index in [0.717, 1.165) is 17.5 Å². The van der Waals surface area contributed by atoms with Crippen molar-refractivity contribution in [3.8, 4) is 0 Å². The SMILES string of the molecule is C[C@@H](CI)[C@@H](CCO[Si](C)(C)C(C)(C)C)OCc1ccccc1. The van der Waals surface area contributed by atoms with Crippen LogP contribution in [0.1, 0.15) is 39.7 Å². The zero-order chi connectivity index (χ0) is 17.5. The van der Waals surface area contributed by atoms with Gasteiger partial charge in [-0.3, -0.25) is 0 Å². The Hall–Kier alpha value is 0.0869. The van der Waals surface area contributed by atoms with Crippen molar-refractivity contribution in [2.24, 2.45) is 5.92 Å². The van der Waals surface area contributed by atoms with Crippen LogP contribution in [-0.2, 0) is 15.8 Å². The molecule has 0 aromatic heterocycles. The van der Waals surface area contributed by atoms with Crippen molar-refractivity contribution in [3.05, 3.63) is 35.9 Å². The van der Waals surface area contributed by atoms with Gasteiger partial charge >= 0.3 is 0 Å². The topological polar surface area (TPSA) is 18.5 Å². The number of hydrogen-bond acceptors (Lipinski definition) is 2. The molecule has 0 N–H and O–H groups in total. The smallest absolute Gasteiger partial charge is 0.191 e. The molecule has 0 saturated heterocycles. The molecular weight excluding hydrogens is 415 g/mol. The van der Waals surface area contributed by atoms with Gasteiger partial charge in [-0.25, -0.2) is 0 Å². The minimum atomic E-state index is -1.66. The number of rotatable bonds is 9. The van der Waals surface area contributed by atoms with Gasteiger partial charge in [-0.15, -0.1) is 0 Å². The number of hydrogen-bond donors (Lipinski definition) is 0. The summed E-state index contributed by atoms with van der Waals surface area (Å²) in [7, 11) is -1.66. The van der Waals surface area contributed by atoms with Gasteiger partial charge in [0.2, 0.25) is 0 Å². The largest absolute Gasteiger partial charge is 0.417 e. The van der Waals surface area contributed by atoms with E-state index in [0.29, 0.717) is 12.5 Å². The second-order valence-corrected chi connectivity index (χ2v) is 13.6. The minimum Gasteiger partial charge on any atom is -0.417 e. The highest BCUT2D eigenvalue weighted by Gasteiger charge is 2.37. The molecule has 0 spiro atoms. The van der Waals surface area contributed by atoms with Gasteiger partial charge in [0.05, 0.1) is 12.7 Å². The Balaban J connectivity index is 2.52. The first-order valence-corrected chi connectivity index (χ1v) is 13.0. The van der Waals surface area contributed by atoms with Gasteiger partial charge in [-0.05, 0) is 36.0 Å². The van der Waals surface area contributed by atoms with Gasteiger partial charge in [-0.2, -0.15) is 0 Å². The summed E-state index contributed by atoms with van der Waals surface area (Å²) in [5, 5.41) is 0.266. The van der Waals surface area contributed by atoms with E-state index in [1.54, 1.807) is 0 Å². The average molecular weight is 448 g/mol. The molecule has 0 unspecified atom stereocenters. The van der Waals surface area contributed by atoms with Crippen LogP contribution >= 0.6 is 22.6 Å². The number of alkyl halides is 1. The van der Waals surface area contributed by atoms with Gasteiger partial charge in [0, 0.05) is 11.0 Å². The molecule has 0 heterocycles. The summed E-state index contributed by atoms with van der Waals surface area (Å²) in [6.45, 7) is 15.3. The van der Waals surface area contributed by atoms with E-state index in [2.05, 4.69) is 87.6 Å². The monoisotopic (exact) mass is 448 g/mol. The van der Waals surface area contributed by atoms with E-state index in [1.165, 1.54) is 5.56 Å². The van der Waals surface area contributed by atoms with E-state index < -0.39 is 8.32 Å². The first kappa shape index (κ1) is 21.1. The predicted octanol–water partition coefficient (Wildman–Crippen LogP) is 6.05. The van der Waals surface area contributed by atoms with Crippen molar-refractivity contribution < 1.29 is 9.16 Å². The Kier molecular flexibility index (Phi) is 8.76. The maximum Gasteiger partial charge on any atom is 0.191 e. The van der Waals surface area contributed by atoms with E-state index >= 15 is 0 Å². The van der Waals surface area contributed by atoms with Crippen LogP contribution in [0.15, 0.2) is 30.3 Å². The molecule has 1 aromatic rings. The van der Waals surface area contributed by atoms with Crippen molar-refractivity contribution in [3.63, 3.8) is 0 Å². The lowest BCUT2D eigenvalue weighted by Crippen LogP contribution is -2.41. The second-order valence-electron chi connectivity index (χ2n) is 7.86. The molecule has 0 amide bonds. The van der Waals surface area contributed by atoms with Crippen molar-refractivity contribution in [1.82, 2.24) is 0 Å². The van der Waals surface area contributed by atoms with E-state index in [9.17, 15) is 0 Å². The van der Waals surface area contributed by atoms with Crippen molar-refractivity contribution >= 4 is 30.9 Å². The summed E-state index contributed by atoms with van der Waals surface area (Å²) in [4.78, 5) is 0. The summed E-state index contributed by atoms with van der Waals surface area (Å²) in [5.74, 6) is 0.544. The molecule has 132 valence electrons. The highest BCUT2D eigenvalue weighted by atomic mass is 127. The predicted molar refractivity (Wildman–Crippen MR) is 111 cm³/mol. The minimum absolute atomic E-state index is 0.261. The maximum absolute atomic E-state index is 6.33. The number of ether oxygens (including phenoxy) is 1. The van der Waals surface area contributed by atoms with Crippen LogP contribution < -0.4 is 0 Å². The third kappa shape index (κ3) is 7.24. The zero-order valence-electron chi connectivity index (χ0n) is 15.6. The quantitative estimate of drug-likeness (QED) is 0.260. The lowest BCUT2D eigenvalue weighted by atomic mass is 10.0. The Labute approximate surface area is 157 Å². The van der Waals surface area contributed by atoms with E-state index in [4.69, 9.17) is 9.16 Å². The van der Waals surface area contributed by atoms with Crippen molar-refractivity contribution in [1.29, 1.82) is 0 Å². The summed E-state index contributed by atoms with van der Waals surface area (Å²) in [6, 6.07) is 10.4. The molecule has 23 heavy (non-hydrogen) atoms. The lowest BCUT2D eigenvalue weighted by molar-refractivity contribution is -0.00123. The van der Waals surface area contributed by atoms with Crippen LogP contribution in [0, 0.1) is 5.92 Å². The van der Waals surface area contributed by atoms with Gasteiger partial charge in [0.1, 0.15) is 0 Å². The van der Waals surface area contributed by atoms with Crippen LogP contribution in [0.2, 0.25) is 18.1 Å². The first-order valence-electron chi connectivity index (χ1n) is 8.53. The molecule has 0 bridgehead atoms. The Bertz CT molecular complexity index is 442. The Morgan fingerprint density at radius 1 is 1.13 bits per heavy atom. The fraction of sp³-hybridized carbons (Fsp3) is 0.684. The standard InChI is InChI=1S/C19H33IO2Si/c1-16(14-20)18(21-15-17-10-8-7-9-11-17)12-13-22-23(5,6)19(2,3)4/h7-11,16,18H,12-15H2,1-6H3/t16-,18+/m0/s1. The molecule has 0 aliphatic rings. The summed E-state index contributed by atoms with van der Waals surface area (Å²) >= 11 is 2.45. The number of halogens is 1. The molecule has 0 fully saturated rings. The normalized spacial score (nSPS) is 15.4. The first-order chi connectivity index (χ1) is 10.7. The Morgan fingerprint density at radius 2 is 1.74 bits per heavy atom. The molecule has 2 atom stereocenters. The van der Waals surface area contributed by atoms with Gasteiger partial charge in [-0.1, -0.05) is 80.6 Å². The molecule has 1 aromatic carbocycles. The average Bonchev–Trinajstić information content (AvgIpc) is 2.49. The fourth-order valence-electron chi connectivity index (χ4n) is 2.06. The highest BCUT2D eigenvalue weighted by molar-refractivity contribution is 14.1. The fourth-order valence-corrected chi connectivity index (χ4v) is 3.68. The zero-order valence-corrected chi connectivity index (χ0v) is 18.7. The van der Waals surface area contributed by atoms with E-state index in [1.807, 2.05) is 6.07 Å². The molecule has 0 aliphatic carbocycles. The third-order valence-electron chi connectivity index (χ3n) is 4.86. The third-order valence-corrected chi connectivity index (χ3v) is 10.8. The highest BCUT2D eigenvalue weighted by Crippen LogP contribution is 2.36. The van der Waals surface area contributed by atoms with Crippen LogP contribution in [0.25, 0.3) is 0 Å². The summed E-state index contributed by atoms with van der Waals surface area (Å²) in [6.07, 6.45) is 1.24. The van der Waals surface area contributed by atoms with Gasteiger partial charge in [0.15, 0.2) is 8.32 Å².